The quantitative estimate of drug-likeness (QED) is 0.284. The van der Waals surface area contributed by atoms with Gasteiger partial charge in [-0.1, -0.05) is 46.3 Å². The lowest BCUT2D eigenvalue weighted by atomic mass is 10.0. The highest BCUT2D eigenvalue weighted by atomic mass is 79.9. The van der Waals surface area contributed by atoms with Crippen LogP contribution in [0.5, 0.6) is 11.5 Å². The Balaban J connectivity index is 1.63. The van der Waals surface area contributed by atoms with Gasteiger partial charge in [0.05, 0.1) is 11.1 Å². The minimum Gasteiger partial charge on any atom is -0.452 e. The molecule has 5 heteroatoms. The van der Waals surface area contributed by atoms with E-state index in [1.807, 2.05) is 43.3 Å². The molecule has 0 bridgehead atoms. The topological polar surface area (TPSA) is 52.6 Å². The number of halogens is 1. The van der Waals surface area contributed by atoms with Gasteiger partial charge >= 0.3 is 5.97 Å². The van der Waals surface area contributed by atoms with E-state index in [-0.39, 0.29) is 11.5 Å². The van der Waals surface area contributed by atoms with E-state index in [0.717, 1.165) is 15.6 Å². The fourth-order valence-corrected chi connectivity index (χ4v) is 3.66. The third-order valence-corrected chi connectivity index (χ3v) is 5.16. The van der Waals surface area contributed by atoms with Gasteiger partial charge in [0, 0.05) is 10.5 Å². The lowest BCUT2D eigenvalue weighted by Gasteiger charge is -2.09. The van der Waals surface area contributed by atoms with E-state index in [9.17, 15) is 9.59 Å². The number of ether oxygens (including phenoxy) is 2. The van der Waals surface area contributed by atoms with E-state index in [0.29, 0.717) is 28.2 Å². The van der Waals surface area contributed by atoms with Crippen molar-refractivity contribution in [3.63, 3.8) is 0 Å². The lowest BCUT2D eigenvalue weighted by Crippen LogP contribution is -2.10. The first kappa shape index (κ1) is 19.2. The van der Waals surface area contributed by atoms with Crippen molar-refractivity contribution in [1.29, 1.82) is 0 Å². The number of hydrogen-bond donors (Lipinski definition) is 0. The summed E-state index contributed by atoms with van der Waals surface area (Å²) < 4.78 is 12.2. The molecule has 1 aliphatic rings. The summed E-state index contributed by atoms with van der Waals surface area (Å²) in [7, 11) is 0. The number of ketones is 1. The molecule has 0 unspecified atom stereocenters. The van der Waals surface area contributed by atoms with Gasteiger partial charge in [0.1, 0.15) is 11.5 Å². The summed E-state index contributed by atoms with van der Waals surface area (Å²) in [5, 5.41) is 0. The van der Waals surface area contributed by atoms with Gasteiger partial charge in [0.2, 0.25) is 5.78 Å². The van der Waals surface area contributed by atoms with Crippen molar-refractivity contribution in [2.75, 3.05) is 0 Å². The second-order valence-corrected chi connectivity index (χ2v) is 7.73. The molecule has 1 aliphatic heterocycles. The Labute approximate surface area is 176 Å². The molecule has 1 heterocycles. The zero-order valence-electron chi connectivity index (χ0n) is 15.9. The Morgan fingerprint density at radius 2 is 1.79 bits per heavy atom. The number of esters is 1. The molecule has 3 aromatic carbocycles. The molecule has 29 heavy (non-hydrogen) atoms. The van der Waals surface area contributed by atoms with Crippen LogP contribution in [0.4, 0.5) is 0 Å². The molecule has 144 valence electrons. The largest absolute Gasteiger partial charge is 0.452 e. The van der Waals surface area contributed by atoms with Crippen molar-refractivity contribution in [2.24, 2.45) is 0 Å². The highest BCUT2D eigenvalue weighted by Gasteiger charge is 2.30. The molecule has 0 saturated heterocycles. The Kier molecular flexibility index (Phi) is 5.07. The molecule has 4 nitrogen and oxygen atoms in total. The summed E-state index contributed by atoms with van der Waals surface area (Å²) in [6.45, 7) is 3.65. The van der Waals surface area contributed by atoms with Crippen molar-refractivity contribution in [2.45, 2.75) is 13.8 Å². The number of carbonyl (C=O) groups is 2. The number of benzene rings is 3. The molecule has 0 N–H and O–H groups in total. The van der Waals surface area contributed by atoms with Crippen LogP contribution in [0.2, 0.25) is 0 Å². The first-order chi connectivity index (χ1) is 13.9. The molecule has 3 aromatic rings. The van der Waals surface area contributed by atoms with Crippen molar-refractivity contribution in [3.05, 3.63) is 98.7 Å². The van der Waals surface area contributed by atoms with Crippen LogP contribution in [0.25, 0.3) is 6.08 Å². The highest BCUT2D eigenvalue weighted by Crippen LogP contribution is 2.37. The van der Waals surface area contributed by atoms with Gasteiger partial charge in [-0.15, -0.1) is 0 Å². The van der Waals surface area contributed by atoms with E-state index in [1.165, 1.54) is 0 Å². The lowest BCUT2D eigenvalue weighted by molar-refractivity contribution is 0.0733. The van der Waals surface area contributed by atoms with Crippen LogP contribution in [0.3, 0.4) is 0 Å². The molecular formula is C24H17BrO4. The monoisotopic (exact) mass is 448 g/mol. The molecule has 0 spiro atoms. The second-order valence-electron chi connectivity index (χ2n) is 6.81. The second kappa shape index (κ2) is 7.68. The van der Waals surface area contributed by atoms with Gasteiger partial charge in [0.15, 0.2) is 5.76 Å². The van der Waals surface area contributed by atoms with Gasteiger partial charge in [-0.25, -0.2) is 4.79 Å². The van der Waals surface area contributed by atoms with Crippen LogP contribution in [0.15, 0.2) is 70.9 Å². The van der Waals surface area contributed by atoms with Crippen molar-refractivity contribution in [1.82, 2.24) is 0 Å². The Morgan fingerprint density at radius 1 is 1.00 bits per heavy atom. The zero-order chi connectivity index (χ0) is 20.5. The van der Waals surface area contributed by atoms with Crippen molar-refractivity contribution in [3.8, 4) is 11.5 Å². The van der Waals surface area contributed by atoms with Crippen molar-refractivity contribution < 1.29 is 19.1 Å². The summed E-state index contributed by atoms with van der Waals surface area (Å²) in [4.78, 5) is 25.3. The number of rotatable bonds is 3. The fraction of sp³-hybridized carbons (Fsp3) is 0.0833. The van der Waals surface area contributed by atoms with E-state index in [4.69, 9.17) is 9.47 Å². The molecule has 0 aliphatic carbocycles. The average Bonchev–Trinajstić information content (AvgIpc) is 2.97. The first-order valence-corrected chi connectivity index (χ1v) is 9.84. The molecule has 0 atom stereocenters. The number of hydrogen-bond acceptors (Lipinski definition) is 4. The third-order valence-electron chi connectivity index (χ3n) is 4.67. The number of aryl methyl sites for hydroxylation is 2. The molecule has 0 aromatic heterocycles. The summed E-state index contributed by atoms with van der Waals surface area (Å²) in [6, 6.07) is 18.1. The minimum atomic E-state index is -0.448. The SMILES string of the molecule is Cc1ccccc1C(=O)Oc1cc(C)c2c(c1)O/C(=C\c1cccc(Br)c1)C2=O. The Morgan fingerprint density at radius 3 is 2.55 bits per heavy atom. The summed E-state index contributed by atoms with van der Waals surface area (Å²) in [6.07, 6.45) is 1.70. The van der Waals surface area contributed by atoms with E-state index < -0.39 is 5.97 Å². The summed E-state index contributed by atoms with van der Waals surface area (Å²) in [5.74, 6) is 0.337. The van der Waals surface area contributed by atoms with Crippen LogP contribution in [-0.2, 0) is 0 Å². The maximum absolute atomic E-state index is 12.8. The number of carbonyl (C=O) groups excluding carboxylic acids is 2. The Hall–Kier alpha value is -3.18. The van der Waals surface area contributed by atoms with Gasteiger partial charge in [0.25, 0.3) is 0 Å². The van der Waals surface area contributed by atoms with E-state index in [2.05, 4.69) is 15.9 Å². The van der Waals surface area contributed by atoms with Gasteiger partial charge < -0.3 is 9.47 Å². The van der Waals surface area contributed by atoms with Crippen LogP contribution in [0, 0.1) is 13.8 Å². The normalized spacial score (nSPS) is 13.9. The zero-order valence-corrected chi connectivity index (χ0v) is 17.4. The first-order valence-electron chi connectivity index (χ1n) is 9.04. The number of allylic oxidation sites excluding steroid dienone is 1. The van der Waals surface area contributed by atoms with Crippen LogP contribution in [0.1, 0.15) is 37.4 Å². The van der Waals surface area contributed by atoms with Crippen LogP contribution < -0.4 is 9.47 Å². The molecule has 0 amide bonds. The molecule has 4 rings (SSSR count). The standard InChI is InChI=1S/C24H17BrO4/c1-14-6-3-4-9-19(14)24(27)28-18-10-15(2)22-20(13-18)29-21(23(22)26)12-16-7-5-8-17(25)11-16/h3-13H,1-2H3/b21-12-. The smallest absolute Gasteiger partial charge is 0.343 e. The third kappa shape index (κ3) is 3.87. The summed E-state index contributed by atoms with van der Waals surface area (Å²) in [5.41, 5.74) is 3.36. The molecule has 0 fully saturated rings. The highest BCUT2D eigenvalue weighted by molar-refractivity contribution is 9.10. The van der Waals surface area contributed by atoms with Gasteiger partial charge in [-0.05, 0) is 60.9 Å². The fourth-order valence-electron chi connectivity index (χ4n) is 3.25. The van der Waals surface area contributed by atoms with E-state index >= 15 is 0 Å². The van der Waals surface area contributed by atoms with E-state index in [1.54, 1.807) is 37.3 Å². The van der Waals surface area contributed by atoms with Crippen molar-refractivity contribution >= 4 is 33.8 Å². The molecule has 0 saturated carbocycles. The van der Waals surface area contributed by atoms with Crippen LogP contribution >= 0.6 is 15.9 Å². The Bertz CT molecular complexity index is 1180. The van der Waals surface area contributed by atoms with Gasteiger partial charge in [-0.3, -0.25) is 4.79 Å². The predicted octanol–water partition coefficient (Wildman–Crippen LogP) is 5.90. The summed E-state index contributed by atoms with van der Waals surface area (Å²) >= 11 is 3.42. The number of fused-ring (bicyclic) bond motifs is 1. The molecule has 0 radical (unpaired) electrons. The molecular weight excluding hydrogens is 432 g/mol. The van der Waals surface area contributed by atoms with Crippen LogP contribution in [-0.4, -0.2) is 11.8 Å². The maximum Gasteiger partial charge on any atom is 0.343 e. The minimum absolute atomic E-state index is 0.186. The van der Waals surface area contributed by atoms with Gasteiger partial charge in [-0.2, -0.15) is 0 Å². The average molecular weight is 449 g/mol. The maximum atomic E-state index is 12.8. The predicted molar refractivity (Wildman–Crippen MR) is 114 cm³/mol. The number of Topliss-reactive ketones (excluding diaryl/α,β-unsaturated/α-hetero) is 1.